The van der Waals surface area contributed by atoms with Crippen molar-refractivity contribution in [3.05, 3.63) is 29.6 Å². The predicted molar refractivity (Wildman–Crippen MR) is 253 cm³/mol. The maximum absolute atomic E-state index is 13.0. The van der Waals surface area contributed by atoms with Crippen molar-refractivity contribution in [3.8, 4) is 0 Å². The fourth-order valence-corrected chi connectivity index (χ4v) is 8.76. The minimum Gasteiger partial charge on any atom is -0.480 e. The van der Waals surface area contributed by atoms with Crippen LogP contribution in [0.2, 0.25) is 0 Å². The first kappa shape index (κ1) is 56.5. The Hall–Kier alpha value is -3.44. The molecule has 0 aromatic carbocycles. The molecular weight excluding hydrogens is 973 g/mol. The molecule has 69 heavy (non-hydrogen) atoms. The molecule has 29 heteroatoms. The van der Waals surface area contributed by atoms with E-state index in [0.717, 1.165) is 0 Å². The number of ether oxygens (including phenoxy) is 3. The maximum atomic E-state index is 13.0. The number of carboxylic acid groups (broad SMARTS) is 2. The van der Waals surface area contributed by atoms with Crippen molar-refractivity contribution in [2.24, 2.45) is 0 Å². The van der Waals surface area contributed by atoms with Crippen LogP contribution >= 0.6 is 36.7 Å². The first-order valence-electron chi connectivity index (χ1n) is 22.5. The smallest absolute Gasteiger partial charge is 0.320 e. The van der Waals surface area contributed by atoms with Crippen LogP contribution < -0.4 is 31.9 Å². The topological polar surface area (TPSA) is 379 Å². The van der Waals surface area contributed by atoms with Gasteiger partial charge in [-0.25, -0.2) is 0 Å². The number of nitrogens with zero attached hydrogens (tertiary/aromatic N) is 4. The van der Waals surface area contributed by atoms with Crippen molar-refractivity contribution >= 4 is 63.9 Å². The second-order valence-electron chi connectivity index (χ2n) is 17.1. The summed E-state index contributed by atoms with van der Waals surface area (Å²) in [5.41, 5.74) is 1.07. The molecule has 4 aliphatic rings. The van der Waals surface area contributed by atoms with E-state index in [-0.39, 0.29) is 87.3 Å². The minimum atomic E-state index is -1.48. The number of hydrogen-bond donors (Lipinski definition) is 17. The number of rotatable bonds is 17. The summed E-state index contributed by atoms with van der Waals surface area (Å²) in [5.74, 6) is -2.21. The molecule has 5 rings (SSSR count). The zero-order valence-electron chi connectivity index (χ0n) is 37.6. The Kier molecular flexibility index (Phi) is 22.4. The first-order valence-corrected chi connectivity index (χ1v) is 23.8. The van der Waals surface area contributed by atoms with Crippen LogP contribution in [0.1, 0.15) is 30.7 Å². The molecule has 26 nitrogen and oxygen atoms in total. The Balaban J connectivity index is 1.27. The summed E-state index contributed by atoms with van der Waals surface area (Å²) in [6.07, 6.45) is -15.2. The van der Waals surface area contributed by atoms with Gasteiger partial charge in [-0.05, 0) is 74.6 Å². The highest BCUT2D eigenvalue weighted by Crippen LogP contribution is 2.19. The second-order valence-corrected chi connectivity index (χ2v) is 18.4. The molecule has 2 unspecified atom stereocenters. The first-order chi connectivity index (χ1) is 32.8. The van der Waals surface area contributed by atoms with Crippen molar-refractivity contribution in [1.29, 1.82) is 0 Å². The quantitative estimate of drug-likeness (QED) is 0.0509. The summed E-state index contributed by atoms with van der Waals surface area (Å²) in [6.45, 7) is 1.59. The average molecular weight is 1040 g/mol. The number of fused-ring (bicyclic) bond motifs is 2. The third-order valence-electron chi connectivity index (χ3n) is 12.1. The van der Waals surface area contributed by atoms with Gasteiger partial charge in [0.05, 0.1) is 31.2 Å². The summed E-state index contributed by atoms with van der Waals surface area (Å²) in [6, 6.07) is 3.18. The molecule has 390 valence electrons. The van der Waals surface area contributed by atoms with Crippen molar-refractivity contribution in [2.45, 2.75) is 118 Å². The van der Waals surface area contributed by atoms with Gasteiger partial charge in [0.2, 0.25) is 0 Å². The lowest BCUT2D eigenvalue weighted by Crippen LogP contribution is -2.60. The molecule has 0 aliphatic carbocycles. The van der Waals surface area contributed by atoms with Crippen LogP contribution in [0.4, 0.5) is 0 Å². The lowest BCUT2D eigenvalue weighted by atomic mass is 10.0. The van der Waals surface area contributed by atoms with Crippen molar-refractivity contribution < 1.29 is 80.0 Å². The van der Waals surface area contributed by atoms with E-state index in [1.165, 1.54) is 0 Å². The predicted octanol–water partition coefficient (Wildman–Crippen LogP) is -7.21. The summed E-state index contributed by atoms with van der Waals surface area (Å²) in [5, 5.41) is 129. The number of aliphatic carboxylic acids is 2. The van der Waals surface area contributed by atoms with Gasteiger partial charge in [-0.3, -0.25) is 24.4 Å². The van der Waals surface area contributed by atoms with Crippen LogP contribution in [-0.4, -0.2) is 261 Å². The van der Waals surface area contributed by atoms with Crippen molar-refractivity contribution in [2.75, 3.05) is 72.2 Å². The Bertz CT molecular complexity index is 1760. The average Bonchev–Trinajstić information content (AvgIpc) is 3.30. The van der Waals surface area contributed by atoms with Gasteiger partial charge < -0.3 is 107 Å². The number of nitrogens with one attached hydrogen (secondary N) is 6. The van der Waals surface area contributed by atoms with Crippen LogP contribution in [0.3, 0.4) is 0 Å². The van der Waals surface area contributed by atoms with E-state index in [1.54, 1.807) is 28.0 Å². The number of aromatic nitrogens is 1. The summed E-state index contributed by atoms with van der Waals surface area (Å²) in [7, 11) is 0. The molecule has 1 aromatic rings. The fourth-order valence-electron chi connectivity index (χ4n) is 8.10. The van der Waals surface area contributed by atoms with Gasteiger partial charge in [-0.1, -0.05) is 6.07 Å². The van der Waals surface area contributed by atoms with Crippen LogP contribution in [0, 0.1) is 0 Å². The number of aliphatic hydroxyl groups is 9. The summed E-state index contributed by atoms with van der Waals surface area (Å²) >= 11 is 16.1. The molecule has 3 fully saturated rings. The van der Waals surface area contributed by atoms with E-state index < -0.39 is 97.6 Å². The van der Waals surface area contributed by atoms with E-state index >= 15 is 0 Å². The normalized spacial score (nSPS) is 31.7. The SMILES string of the molecule is O=C(O)C(CCNC(=S)N[C@H]1OC[C@@H](O)[C@@H](O)[C@@H]1O)N1CCN(CCCNC(=S)N[C@H]2OC[C@@H](O)[C@@H](O)[C@@H]2O)CCN(C(CCNC(=S)N[C@H]2OC[C@@H](O)[C@@H](O)[C@@H]2O)C(=O)O)Cc2cccc(n2)C1. The number of pyridine rings is 1. The molecular formula is C40H66N10O16S3. The van der Waals surface area contributed by atoms with Gasteiger partial charge in [0.1, 0.15) is 67.0 Å². The number of aliphatic hydroxyl groups excluding tert-OH is 9. The standard InChI is InChI=1S/C40H66N10O16S3/c51-24-17-64-33(30(57)27(24)54)45-38(67)41-7-2-10-48-11-13-49(22(36(60)61)5-8-42-39(68)46-34-31(58)28(55)25(52)18-65-34)15-20-3-1-4-21(44-20)16-50(14-12-48)23(37(62)63)6-9-43-40(69)47-35-32(59)29(56)26(53)19-66-35/h1,3-4,22-35,51-59H,2,5-19H2,(H,60,61)(H,62,63)(H2,41,45,67)(H2,42,46,68)(H2,43,47,69)/t22?,23?,24-,25-,26-,27-,28-,29-,30+,31+,32+,33+,34+,35+/m1/s1. The van der Waals surface area contributed by atoms with Gasteiger partial charge >= 0.3 is 11.9 Å². The van der Waals surface area contributed by atoms with Crippen molar-refractivity contribution in [1.82, 2.24) is 51.6 Å². The summed E-state index contributed by atoms with van der Waals surface area (Å²) < 4.78 is 16.1. The maximum Gasteiger partial charge on any atom is 0.320 e. The highest BCUT2D eigenvalue weighted by Gasteiger charge is 2.40. The van der Waals surface area contributed by atoms with E-state index in [1.807, 2.05) is 0 Å². The molecule has 0 spiro atoms. The third-order valence-corrected chi connectivity index (χ3v) is 12.9. The molecule has 17 N–H and O–H groups in total. The van der Waals surface area contributed by atoms with E-state index in [9.17, 15) is 65.8 Å². The monoisotopic (exact) mass is 1040 g/mol. The van der Waals surface area contributed by atoms with Gasteiger partial charge in [-0.2, -0.15) is 0 Å². The van der Waals surface area contributed by atoms with Crippen molar-refractivity contribution in [3.63, 3.8) is 0 Å². The number of hydrogen-bond acceptors (Lipinski definition) is 21. The van der Waals surface area contributed by atoms with Gasteiger partial charge in [0.15, 0.2) is 34.0 Å². The van der Waals surface area contributed by atoms with Crippen LogP contribution in [0.25, 0.3) is 0 Å². The number of carbonyl (C=O) groups is 2. The third kappa shape index (κ3) is 16.8. The number of carboxylic acids is 2. The Morgan fingerprint density at radius 3 is 1.30 bits per heavy atom. The molecule has 0 amide bonds. The molecule has 5 heterocycles. The van der Waals surface area contributed by atoms with Crippen LogP contribution in [0.15, 0.2) is 18.2 Å². The number of thiocarbonyl (C=S) groups is 3. The largest absolute Gasteiger partial charge is 0.480 e. The Morgan fingerprint density at radius 2 is 0.942 bits per heavy atom. The molecule has 3 saturated heterocycles. The lowest BCUT2D eigenvalue weighted by Gasteiger charge is -2.36. The highest BCUT2D eigenvalue weighted by molar-refractivity contribution is 7.80. The molecule has 0 saturated carbocycles. The molecule has 1 aromatic heterocycles. The van der Waals surface area contributed by atoms with E-state index in [4.69, 9.17) is 55.8 Å². The Morgan fingerprint density at radius 1 is 0.580 bits per heavy atom. The summed E-state index contributed by atoms with van der Waals surface area (Å²) in [4.78, 5) is 36.4. The molecule has 2 bridgehead atoms. The van der Waals surface area contributed by atoms with Gasteiger partial charge in [0, 0.05) is 58.9 Å². The molecule has 14 atom stereocenters. The van der Waals surface area contributed by atoms with E-state index in [0.29, 0.717) is 44.0 Å². The van der Waals surface area contributed by atoms with Crippen LogP contribution in [0.5, 0.6) is 0 Å². The fraction of sp³-hybridized carbons (Fsp3) is 0.750. The van der Waals surface area contributed by atoms with Crippen LogP contribution in [-0.2, 0) is 36.9 Å². The second kappa shape index (κ2) is 27.4. The van der Waals surface area contributed by atoms with Gasteiger partial charge in [0.25, 0.3) is 0 Å². The molecule has 0 radical (unpaired) electrons. The van der Waals surface area contributed by atoms with E-state index in [2.05, 4.69) is 36.8 Å². The Labute approximate surface area is 413 Å². The zero-order valence-corrected chi connectivity index (χ0v) is 40.1. The molecule has 4 aliphatic heterocycles. The van der Waals surface area contributed by atoms with Gasteiger partial charge in [-0.15, -0.1) is 0 Å². The zero-order chi connectivity index (χ0) is 50.4. The lowest BCUT2D eigenvalue weighted by molar-refractivity contribution is -0.190. The highest BCUT2D eigenvalue weighted by atomic mass is 32.1. The minimum absolute atomic E-state index is 0.0265.